The van der Waals surface area contributed by atoms with Crippen molar-refractivity contribution in [2.75, 3.05) is 5.73 Å². The van der Waals surface area contributed by atoms with Gasteiger partial charge in [-0.2, -0.15) is 0 Å². The fourth-order valence-corrected chi connectivity index (χ4v) is 2.99. The van der Waals surface area contributed by atoms with Crippen LogP contribution in [0, 0.1) is 5.82 Å². The van der Waals surface area contributed by atoms with Gasteiger partial charge >= 0.3 is 0 Å². The first-order chi connectivity index (χ1) is 10.6. The van der Waals surface area contributed by atoms with Gasteiger partial charge in [0.1, 0.15) is 5.82 Å². The molecule has 0 aromatic heterocycles. The molecule has 0 unspecified atom stereocenters. The highest BCUT2D eigenvalue weighted by atomic mass is 28.4. The molecular formula is C19H26FNOSi. The number of nitrogen functional groups attached to an aromatic ring is 1. The fourth-order valence-electron chi connectivity index (χ4n) is 2.02. The predicted molar refractivity (Wildman–Crippen MR) is 98.2 cm³/mol. The second-order valence-corrected chi connectivity index (χ2v) is 12.3. The number of nitrogens with two attached hydrogens (primary N) is 1. The molecule has 0 saturated carbocycles. The number of halogens is 1. The summed E-state index contributed by atoms with van der Waals surface area (Å²) in [6.45, 7) is 11.8. The Kier molecular flexibility index (Phi) is 4.97. The molecule has 2 aromatic rings. The van der Waals surface area contributed by atoms with Gasteiger partial charge in [-0.3, -0.25) is 0 Å². The third kappa shape index (κ3) is 4.21. The topological polar surface area (TPSA) is 35.2 Å². The zero-order valence-electron chi connectivity index (χ0n) is 14.6. The van der Waals surface area contributed by atoms with E-state index in [1.54, 1.807) is 12.1 Å². The molecule has 2 nitrogen and oxygen atoms in total. The molecule has 0 atom stereocenters. The molecule has 0 amide bonds. The Morgan fingerprint density at radius 1 is 1.04 bits per heavy atom. The summed E-state index contributed by atoms with van der Waals surface area (Å²) in [6.07, 6.45) is 0. The predicted octanol–water partition coefficient (Wildman–Crippen LogP) is 5.60. The number of rotatable bonds is 4. The first-order valence-electron chi connectivity index (χ1n) is 7.88. The fraction of sp³-hybridized carbons (Fsp3) is 0.368. The summed E-state index contributed by atoms with van der Waals surface area (Å²) < 4.78 is 20.1. The highest BCUT2D eigenvalue weighted by Gasteiger charge is 2.36. The summed E-state index contributed by atoms with van der Waals surface area (Å²) in [4.78, 5) is 0. The van der Waals surface area contributed by atoms with Crippen molar-refractivity contribution >= 4 is 14.0 Å². The molecule has 0 bridgehead atoms. The van der Waals surface area contributed by atoms with Gasteiger partial charge in [0.05, 0.1) is 6.61 Å². The van der Waals surface area contributed by atoms with Crippen LogP contribution in [-0.2, 0) is 11.0 Å². The molecule has 0 aliphatic carbocycles. The van der Waals surface area contributed by atoms with Crippen LogP contribution in [0.15, 0.2) is 42.5 Å². The van der Waals surface area contributed by atoms with Crippen molar-refractivity contribution in [3.05, 3.63) is 53.8 Å². The quantitative estimate of drug-likeness (QED) is 0.585. The lowest BCUT2D eigenvalue weighted by atomic mass is 10.0. The van der Waals surface area contributed by atoms with Gasteiger partial charge < -0.3 is 10.2 Å². The number of hydrogen-bond donors (Lipinski definition) is 1. The second kappa shape index (κ2) is 6.46. The zero-order valence-corrected chi connectivity index (χ0v) is 15.6. The smallest absolute Gasteiger partial charge is 0.192 e. The van der Waals surface area contributed by atoms with Gasteiger partial charge in [-0.25, -0.2) is 4.39 Å². The van der Waals surface area contributed by atoms with E-state index in [0.717, 1.165) is 11.1 Å². The van der Waals surface area contributed by atoms with E-state index >= 15 is 0 Å². The standard InChI is InChI=1S/C19H26FNOSi/c1-19(2,3)23(4,5)22-13-14-6-8-15(9-7-14)17-12-16(21)10-11-18(17)20/h6-12H,13,21H2,1-5H3. The van der Waals surface area contributed by atoms with Crippen molar-refractivity contribution in [3.8, 4) is 11.1 Å². The summed E-state index contributed by atoms with van der Waals surface area (Å²) in [5.41, 5.74) is 8.77. The molecule has 0 radical (unpaired) electrons. The summed E-state index contributed by atoms with van der Waals surface area (Å²) in [5, 5.41) is 0.192. The molecule has 0 aliphatic heterocycles. The Morgan fingerprint density at radius 3 is 2.22 bits per heavy atom. The molecule has 2 rings (SSSR count). The molecular weight excluding hydrogens is 305 g/mol. The third-order valence-corrected chi connectivity index (χ3v) is 9.14. The molecule has 2 N–H and O–H groups in total. The monoisotopic (exact) mass is 331 g/mol. The van der Waals surface area contributed by atoms with Gasteiger partial charge in [-0.1, -0.05) is 45.0 Å². The minimum Gasteiger partial charge on any atom is -0.413 e. The molecule has 124 valence electrons. The Labute approximate surface area is 139 Å². The van der Waals surface area contributed by atoms with Crippen LogP contribution < -0.4 is 5.73 Å². The van der Waals surface area contributed by atoms with E-state index in [2.05, 4.69) is 33.9 Å². The lowest BCUT2D eigenvalue weighted by Gasteiger charge is -2.36. The summed E-state index contributed by atoms with van der Waals surface area (Å²) in [5.74, 6) is -0.260. The second-order valence-electron chi connectivity index (χ2n) is 7.49. The molecule has 0 heterocycles. The number of benzene rings is 2. The van der Waals surface area contributed by atoms with Crippen LogP contribution in [-0.4, -0.2) is 8.32 Å². The van der Waals surface area contributed by atoms with Gasteiger partial charge in [0.2, 0.25) is 0 Å². The Morgan fingerprint density at radius 2 is 1.65 bits per heavy atom. The van der Waals surface area contributed by atoms with Crippen LogP contribution in [0.4, 0.5) is 10.1 Å². The number of hydrogen-bond acceptors (Lipinski definition) is 2. The van der Waals surface area contributed by atoms with Crippen molar-refractivity contribution in [1.29, 1.82) is 0 Å². The van der Waals surface area contributed by atoms with Gasteiger partial charge in [-0.15, -0.1) is 0 Å². The van der Waals surface area contributed by atoms with Crippen molar-refractivity contribution in [1.82, 2.24) is 0 Å². The maximum atomic E-state index is 13.9. The Bertz CT molecular complexity index is 675. The SMILES string of the molecule is CC(C)(C)[Si](C)(C)OCc1ccc(-c2cc(N)ccc2F)cc1. The zero-order chi connectivity index (χ0) is 17.3. The van der Waals surface area contributed by atoms with E-state index < -0.39 is 8.32 Å². The molecule has 0 spiro atoms. The highest BCUT2D eigenvalue weighted by molar-refractivity contribution is 6.74. The maximum absolute atomic E-state index is 13.9. The van der Waals surface area contributed by atoms with Crippen molar-refractivity contribution < 1.29 is 8.82 Å². The van der Waals surface area contributed by atoms with Crippen LogP contribution in [0.1, 0.15) is 26.3 Å². The molecule has 0 fully saturated rings. The van der Waals surface area contributed by atoms with E-state index in [0.29, 0.717) is 17.9 Å². The van der Waals surface area contributed by atoms with Crippen LogP contribution in [0.2, 0.25) is 18.1 Å². The summed E-state index contributed by atoms with van der Waals surface area (Å²) in [6, 6.07) is 12.5. The minimum absolute atomic E-state index is 0.192. The van der Waals surface area contributed by atoms with E-state index in [9.17, 15) is 4.39 Å². The lowest BCUT2D eigenvalue weighted by Crippen LogP contribution is -2.40. The van der Waals surface area contributed by atoms with Crippen molar-refractivity contribution in [3.63, 3.8) is 0 Å². The van der Waals surface area contributed by atoms with Crippen LogP contribution in [0.3, 0.4) is 0 Å². The van der Waals surface area contributed by atoms with Crippen LogP contribution >= 0.6 is 0 Å². The molecule has 0 saturated heterocycles. The molecule has 2 aromatic carbocycles. The largest absolute Gasteiger partial charge is 0.413 e. The maximum Gasteiger partial charge on any atom is 0.192 e. The average Bonchev–Trinajstić information content (AvgIpc) is 2.47. The van der Waals surface area contributed by atoms with E-state index in [1.807, 2.05) is 24.3 Å². The number of anilines is 1. The normalized spacial score (nSPS) is 12.4. The van der Waals surface area contributed by atoms with Crippen molar-refractivity contribution in [2.24, 2.45) is 0 Å². The minimum atomic E-state index is -1.76. The lowest BCUT2D eigenvalue weighted by molar-refractivity contribution is 0.276. The summed E-state index contributed by atoms with van der Waals surface area (Å²) in [7, 11) is -1.76. The summed E-state index contributed by atoms with van der Waals surface area (Å²) >= 11 is 0. The first-order valence-corrected chi connectivity index (χ1v) is 10.8. The van der Waals surface area contributed by atoms with E-state index in [4.69, 9.17) is 10.2 Å². The molecule has 23 heavy (non-hydrogen) atoms. The van der Waals surface area contributed by atoms with Crippen LogP contribution in [0.5, 0.6) is 0 Å². The Balaban J connectivity index is 2.13. The molecule has 4 heteroatoms. The van der Waals surface area contributed by atoms with Gasteiger partial charge in [0, 0.05) is 11.3 Å². The third-order valence-electron chi connectivity index (χ3n) is 4.66. The molecule has 0 aliphatic rings. The van der Waals surface area contributed by atoms with Gasteiger partial charge in [0.25, 0.3) is 0 Å². The van der Waals surface area contributed by atoms with Crippen molar-refractivity contribution in [2.45, 2.75) is 45.5 Å². The van der Waals surface area contributed by atoms with E-state index in [1.165, 1.54) is 6.07 Å². The van der Waals surface area contributed by atoms with Crippen LogP contribution in [0.25, 0.3) is 11.1 Å². The average molecular weight is 332 g/mol. The van der Waals surface area contributed by atoms with Gasteiger partial charge in [0.15, 0.2) is 8.32 Å². The first kappa shape index (κ1) is 17.7. The Hall–Kier alpha value is -1.65. The highest BCUT2D eigenvalue weighted by Crippen LogP contribution is 2.37. The van der Waals surface area contributed by atoms with Gasteiger partial charge in [-0.05, 0) is 47.5 Å². The van der Waals surface area contributed by atoms with E-state index in [-0.39, 0.29) is 10.9 Å².